The Hall–Kier alpha value is -2.27. The molecule has 1 heterocycles. The molecule has 9 heteroatoms. The van der Waals surface area contributed by atoms with Gasteiger partial charge in [-0.05, 0) is 24.6 Å². The Morgan fingerprint density at radius 2 is 1.22 bits per heavy atom. The molecule has 0 radical (unpaired) electrons. The number of hydrogen-bond donors (Lipinski definition) is 1. The number of rotatable bonds is 4. The standard InChI is InChI=1S/C18H22B5N3O/c1-10-24-15(11-4-2-6-13(8-11)17(19,20)21)26-16(25-10)12-5-3-7-14(9-12)18(22,23)27/h2-9,27H,19-23H2,1H3. The third kappa shape index (κ3) is 4.53. The van der Waals surface area contributed by atoms with Crippen LogP contribution in [-0.4, -0.2) is 59.3 Å². The fourth-order valence-corrected chi connectivity index (χ4v) is 2.90. The summed E-state index contributed by atoms with van der Waals surface area (Å²) in [5.74, 6) is 1.95. The van der Waals surface area contributed by atoms with Crippen molar-refractivity contribution in [3.63, 3.8) is 0 Å². The van der Waals surface area contributed by atoms with E-state index in [1.165, 1.54) is 5.56 Å². The van der Waals surface area contributed by atoms with Crippen molar-refractivity contribution in [2.45, 2.75) is 17.4 Å². The highest BCUT2D eigenvalue weighted by Crippen LogP contribution is 2.25. The van der Waals surface area contributed by atoms with Gasteiger partial charge in [-0.2, -0.15) is 0 Å². The number of aromatic nitrogens is 3. The minimum Gasteiger partial charge on any atom is -0.403 e. The van der Waals surface area contributed by atoms with Gasteiger partial charge in [0, 0.05) is 16.5 Å². The van der Waals surface area contributed by atoms with Crippen molar-refractivity contribution < 1.29 is 5.11 Å². The highest BCUT2D eigenvalue weighted by Gasteiger charge is 2.18. The monoisotopic (exact) mass is 351 g/mol. The average molecular weight is 350 g/mol. The summed E-state index contributed by atoms with van der Waals surface area (Å²) in [5.41, 5.74) is 3.92. The maximum absolute atomic E-state index is 10.3. The van der Waals surface area contributed by atoms with Gasteiger partial charge in [-0.15, -0.1) is 0 Å². The van der Waals surface area contributed by atoms with Crippen LogP contribution in [0.4, 0.5) is 0 Å². The summed E-state index contributed by atoms with van der Waals surface area (Å²) in [5, 5.41) is 9.44. The third-order valence-corrected chi connectivity index (χ3v) is 4.56. The maximum atomic E-state index is 10.3. The molecule has 0 spiro atoms. The second kappa shape index (κ2) is 7.04. The Bertz CT molecular complexity index is 907. The summed E-state index contributed by atoms with van der Waals surface area (Å²) >= 11 is 0. The summed E-state index contributed by atoms with van der Waals surface area (Å²) in [7, 11) is 10.1. The topological polar surface area (TPSA) is 58.9 Å². The van der Waals surface area contributed by atoms with E-state index in [9.17, 15) is 5.11 Å². The number of hydrogen-bond acceptors (Lipinski definition) is 4. The fourth-order valence-electron chi connectivity index (χ4n) is 2.90. The zero-order valence-corrected chi connectivity index (χ0v) is 16.9. The largest absolute Gasteiger partial charge is 0.403 e. The number of aryl methyl sites for hydroxylation is 1. The van der Waals surface area contributed by atoms with Gasteiger partial charge in [0.1, 0.15) is 21.5 Å². The van der Waals surface area contributed by atoms with Crippen molar-refractivity contribution in [3.8, 4) is 22.8 Å². The van der Waals surface area contributed by atoms with Crippen LogP contribution in [0.3, 0.4) is 0 Å². The first-order chi connectivity index (χ1) is 12.5. The molecule has 0 aliphatic heterocycles. The number of benzene rings is 2. The zero-order valence-electron chi connectivity index (χ0n) is 16.9. The quantitative estimate of drug-likeness (QED) is 0.548. The average Bonchev–Trinajstić information content (AvgIpc) is 2.60. The second-order valence-electron chi connectivity index (χ2n) is 8.50. The lowest BCUT2D eigenvalue weighted by Crippen LogP contribution is -2.26. The Labute approximate surface area is 165 Å². The molecule has 0 bridgehead atoms. The van der Waals surface area contributed by atoms with Crippen LogP contribution in [0.25, 0.3) is 22.8 Å². The molecule has 2 aromatic carbocycles. The first-order valence-corrected chi connectivity index (χ1v) is 9.21. The molecule has 1 aromatic heterocycles. The molecule has 3 aromatic rings. The summed E-state index contributed by atoms with van der Waals surface area (Å²) < 4.78 is 0. The van der Waals surface area contributed by atoms with E-state index in [2.05, 4.69) is 45.6 Å². The zero-order chi connectivity index (χ0) is 19.8. The van der Waals surface area contributed by atoms with Gasteiger partial charge in [-0.1, -0.05) is 47.1 Å². The van der Waals surface area contributed by atoms with Crippen LogP contribution < -0.4 is 0 Å². The normalized spacial score (nSPS) is 12.1. The Balaban J connectivity index is 2.09. The molecule has 0 aliphatic carbocycles. The molecule has 27 heavy (non-hydrogen) atoms. The van der Waals surface area contributed by atoms with E-state index in [4.69, 9.17) is 4.98 Å². The highest BCUT2D eigenvalue weighted by molar-refractivity contribution is 6.58. The van der Waals surface area contributed by atoms with E-state index < -0.39 is 5.40 Å². The van der Waals surface area contributed by atoms with Gasteiger partial charge in [0.25, 0.3) is 0 Å². The van der Waals surface area contributed by atoms with E-state index in [1.807, 2.05) is 43.3 Å². The van der Waals surface area contributed by atoms with Crippen LogP contribution >= 0.6 is 0 Å². The number of nitrogens with zero attached hydrogens (tertiary/aromatic N) is 3. The van der Waals surface area contributed by atoms with Gasteiger partial charge in [-0.3, -0.25) is 0 Å². The van der Waals surface area contributed by atoms with Gasteiger partial charge in [0.05, 0.1) is 23.5 Å². The van der Waals surface area contributed by atoms with E-state index in [1.54, 1.807) is 15.7 Å². The fraction of sp³-hybridized carbons (Fsp3) is 0.167. The molecule has 4 nitrogen and oxygen atoms in total. The minimum atomic E-state index is -0.915. The van der Waals surface area contributed by atoms with Crippen LogP contribution in [0.5, 0.6) is 0 Å². The van der Waals surface area contributed by atoms with Crippen LogP contribution in [0, 0.1) is 6.92 Å². The molecule has 0 saturated carbocycles. The molecular weight excluding hydrogens is 328 g/mol. The van der Waals surface area contributed by atoms with Crippen molar-refractivity contribution in [3.05, 3.63) is 65.5 Å². The first kappa shape index (κ1) is 19.5. The van der Waals surface area contributed by atoms with Crippen molar-refractivity contribution in [1.82, 2.24) is 15.0 Å². The van der Waals surface area contributed by atoms with Crippen LogP contribution in [-0.2, 0) is 10.5 Å². The third-order valence-electron chi connectivity index (χ3n) is 4.56. The van der Waals surface area contributed by atoms with Gasteiger partial charge in [0.15, 0.2) is 11.6 Å². The predicted molar refractivity (Wildman–Crippen MR) is 124 cm³/mol. The molecular formula is C18H22B5N3O. The van der Waals surface area contributed by atoms with Crippen molar-refractivity contribution in [1.29, 1.82) is 0 Å². The van der Waals surface area contributed by atoms with Crippen LogP contribution in [0.2, 0.25) is 0 Å². The molecule has 0 unspecified atom stereocenters. The summed E-state index contributed by atoms with van der Waals surface area (Å²) in [6.45, 7) is 1.88. The van der Waals surface area contributed by atoms with E-state index >= 15 is 0 Å². The Kier molecular flexibility index (Phi) is 5.09. The summed E-state index contributed by atoms with van der Waals surface area (Å²) in [4.78, 5) is 13.8. The molecule has 1 N–H and O–H groups in total. The van der Waals surface area contributed by atoms with E-state index in [0.717, 1.165) is 16.7 Å². The molecule has 3 rings (SSSR count). The second-order valence-corrected chi connectivity index (χ2v) is 8.50. The van der Waals surface area contributed by atoms with Crippen LogP contribution in [0.1, 0.15) is 17.0 Å². The van der Waals surface area contributed by atoms with E-state index in [-0.39, 0.29) is 5.11 Å². The predicted octanol–water partition coefficient (Wildman–Crippen LogP) is -2.11. The molecule has 0 aliphatic rings. The summed E-state index contributed by atoms with van der Waals surface area (Å²) in [6, 6.07) is 16.1. The van der Waals surface area contributed by atoms with Crippen molar-refractivity contribution in [2.24, 2.45) is 0 Å². The lowest BCUT2D eigenvalue weighted by Gasteiger charge is -2.19. The van der Waals surface area contributed by atoms with Crippen molar-refractivity contribution in [2.75, 3.05) is 0 Å². The lowest BCUT2D eigenvalue weighted by molar-refractivity contribution is 0.217. The minimum absolute atomic E-state index is 0.0575. The van der Waals surface area contributed by atoms with Gasteiger partial charge < -0.3 is 5.11 Å². The van der Waals surface area contributed by atoms with Crippen molar-refractivity contribution >= 4 is 39.2 Å². The van der Waals surface area contributed by atoms with Gasteiger partial charge >= 0.3 is 0 Å². The number of aliphatic hydroxyl groups is 1. The van der Waals surface area contributed by atoms with E-state index in [0.29, 0.717) is 17.5 Å². The Morgan fingerprint density at radius 3 is 1.70 bits per heavy atom. The molecule has 130 valence electrons. The maximum Gasteiger partial charge on any atom is 0.163 e. The molecule has 0 fully saturated rings. The molecule has 0 saturated heterocycles. The molecule has 0 atom stereocenters. The van der Waals surface area contributed by atoms with Crippen LogP contribution in [0.15, 0.2) is 48.5 Å². The first-order valence-electron chi connectivity index (χ1n) is 9.21. The lowest BCUT2D eigenvalue weighted by atomic mass is 9.40. The SMILES string of the molecule is BC(B)(B)c1cccc(-c2nc(C)nc(-c3cccc(C(B)(B)O)c3)n2)c1. The highest BCUT2D eigenvalue weighted by atomic mass is 16.3. The van der Waals surface area contributed by atoms with Gasteiger partial charge in [-0.25, -0.2) is 15.0 Å². The molecule has 0 amide bonds. The summed E-state index contributed by atoms with van der Waals surface area (Å²) in [6.07, 6.45) is 0. The van der Waals surface area contributed by atoms with Gasteiger partial charge in [0.2, 0.25) is 0 Å². The smallest absolute Gasteiger partial charge is 0.163 e. The Morgan fingerprint density at radius 1 is 0.741 bits per heavy atom.